The van der Waals surface area contributed by atoms with Crippen molar-refractivity contribution in [2.75, 3.05) is 39.8 Å². The van der Waals surface area contributed by atoms with Crippen LogP contribution in [-0.4, -0.2) is 76.2 Å². The van der Waals surface area contributed by atoms with Gasteiger partial charge in [-0.25, -0.2) is 13.8 Å². The van der Waals surface area contributed by atoms with E-state index in [9.17, 15) is 23.5 Å². The van der Waals surface area contributed by atoms with Crippen molar-refractivity contribution in [2.24, 2.45) is 5.41 Å². The van der Waals surface area contributed by atoms with Gasteiger partial charge in [-0.15, -0.1) is 0 Å². The number of carbonyl (C=O) groups excluding carboxylic acids is 1. The molecule has 2 saturated heterocycles. The van der Waals surface area contributed by atoms with E-state index >= 15 is 0 Å². The Morgan fingerprint density at radius 1 is 1.07 bits per heavy atom. The molecule has 42 heavy (non-hydrogen) atoms. The van der Waals surface area contributed by atoms with Crippen molar-refractivity contribution in [1.82, 2.24) is 24.7 Å². The van der Waals surface area contributed by atoms with Crippen LogP contribution in [0.4, 0.5) is 8.78 Å². The maximum atomic E-state index is 13.6. The Bertz CT molecular complexity index is 1430. The Hall–Kier alpha value is -3.47. The Kier molecular flexibility index (Phi) is 9.15. The zero-order valence-corrected chi connectivity index (χ0v) is 24.0. The Labute approximate surface area is 245 Å². The molecule has 3 aromatic rings. The number of likely N-dealkylation sites (tertiary alicyclic amines) is 1. The second kappa shape index (κ2) is 12.8. The van der Waals surface area contributed by atoms with E-state index in [0.717, 1.165) is 50.4 Å². The first-order chi connectivity index (χ1) is 20.2. The lowest BCUT2D eigenvalue weighted by Crippen LogP contribution is -2.60. The normalized spacial score (nSPS) is 23.8. The van der Waals surface area contributed by atoms with E-state index in [4.69, 9.17) is 0 Å². The van der Waals surface area contributed by atoms with Gasteiger partial charge >= 0.3 is 0 Å². The Balaban J connectivity index is 0.000000189. The number of piperidine rings is 1. The van der Waals surface area contributed by atoms with Crippen LogP contribution in [0.5, 0.6) is 0 Å². The number of halogens is 2. The van der Waals surface area contributed by atoms with Crippen molar-refractivity contribution in [3.63, 3.8) is 0 Å². The molecule has 2 unspecified atom stereocenters. The number of hydrogen-bond donors (Lipinski definition) is 2. The largest absolute Gasteiger partial charge is 0.387 e. The number of aliphatic hydroxyl groups is 1. The maximum absolute atomic E-state index is 13.6. The summed E-state index contributed by atoms with van der Waals surface area (Å²) in [5.41, 5.74) is 0.798. The first-order valence-electron chi connectivity index (χ1n) is 14.6. The second-order valence-corrected chi connectivity index (χ2v) is 11.8. The highest BCUT2D eigenvalue weighted by atomic mass is 19.2. The molecule has 3 heterocycles. The number of carbonyl (C=O) groups is 1. The van der Waals surface area contributed by atoms with Crippen LogP contribution in [0.3, 0.4) is 0 Å². The molecule has 10 heteroatoms. The molecule has 1 spiro atoms. The third-order valence-corrected chi connectivity index (χ3v) is 9.17. The van der Waals surface area contributed by atoms with E-state index in [0.29, 0.717) is 44.7 Å². The maximum Gasteiger partial charge on any atom is 0.253 e. The third kappa shape index (κ3) is 6.16. The molecular weight excluding hydrogens is 540 g/mol. The van der Waals surface area contributed by atoms with Gasteiger partial charge in [0, 0.05) is 55.3 Å². The number of rotatable bonds is 5. The zero-order valence-electron chi connectivity index (χ0n) is 24.0. The van der Waals surface area contributed by atoms with Crippen LogP contribution >= 0.6 is 0 Å². The predicted molar refractivity (Wildman–Crippen MR) is 157 cm³/mol. The summed E-state index contributed by atoms with van der Waals surface area (Å²) in [5.74, 6) is -1.75. The van der Waals surface area contributed by atoms with Gasteiger partial charge in [0.25, 0.3) is 5.56 Å². The highest BCUT2D eigenvalue weighted by Gasteiger charge is 2.54. The summed E-state index contributed by atoms with van der Waals surface area (Å²) >= 11 is 0. The lowest BCUT2D eigenvalue weighted by molar-refractivity contribution is -0.139. The van der Waals surface area contributed by atoms with Crippen molar-refractivity contribution >= 4 is 6.41 Å². The minimum Gasteiger partial charge on any atom is -0.387 e. The fourth-order valence-electron chi connectivity index (χ4n) is 6.81. The molecule has 2 aliphatic heterocycles. The lowest BCUT2D eigenvalue weighted by Gasteiger charge is -2.51. The van der Waals surface area contributed by atoms with E-state index < -0.39 is 23.3 Å². The number of nitrogens with one attached hydrogen (secondary N) is 1. The number of hydrogen-bond acceptors (Lipinski definition) is 6. The number of piperazine rings is 1. The number of aromatic nitrogens is 2. The first kappa shape index (κ1) is 30.0. The number of amides is 1. The van der Waals surface area contributed by atoms with Crippen LogP contribution in [0.2, 0.25) is 0 Å². The SMILES string of the molecule is CN1CCC(O)(Cn2cnc(-c3ccccc3)cc2=O)C2(CCCC2)C1.O=CN1CCNCC1c1cccc(F)c1F. The molecule has 1 saturated carbocycles. The summed E-state index contributed by atoms with van der Waals surface area (Å²) in [4.78, 5) is 31.8. The quantitative estimate of drug-likeness (QED) is 0.449. The first-order valence-corrected chi connectivity index (χ1v) is 14.6. The van der Waals surface area contributed by atoms with Crippen LogP contribution < -0.4 is 10.9 Å². The fraction of sp³-hybridized carbons (Fsp3) is 0.469. The second-order valence-electron chi connectivity index (χ2n) is 11.8. The summed E-state index contributed by atoms with van der Waals surface area (Å²) < 4.78 is 28.2. The molecule has 1 amide bonds. The highest BCUT2D eigenvalue weighted by Crippen LogP contribution is 2.51. The third-order valence-electron chi connectivity index (χ3n) is 9.17. The summed E-state index contributed by atoms with van der Waals surface area (Å²) in [6.07, 6.45) is 7.39. The number of nitrogens with zero attached hydrogens (tertiary/aromatic N) is 4. The minimum absolute atomic E-state index is 0.0978. The summed E-state index contributed by atoms with van der Waals surface area (Å²) in [6, 6.07) is 14.9. The lowest BCUT2D eigenvalue weighted by atomic mass is 9.66. The van der Waals surface area contributed by atoms with Gasteiger partial charge in [-0.05, 0) is 32.4 Å². The van der Waals surface area contributed by atoms with Crippen molar-refractivity contribution in [3.05, 3.63) is 88.5 Å². The minimum atomic E-state index is -0.881. The van der Waals surface area contributed by atoms with E-state index in [1.54, 1.807) is 17.0 Å². The predicted octanol–water partition coefficient (Wildman–Crippen LogP) is 3.60. The van der Waals surface area contributed by atoms with Crippen LogP contribution in [0.25, 0.3) is 11.3 Å². The van der Waals surface area contributed by atoms with Crippen LogP contribution in [0.15, 0.2) is 65.7 Å². The van der Waals surface area contributed by atoms with Crippen LogP contribution in [0, 0.1) is 17.0 Å². The van der Waals surface area contributed by atoms with Gasteiger partial charge in [0.05, 0.1) is 30.2 Å². The van der Waals surface area contributed by atoms with Crippen molar-refractivity contribution in [2.45, 2.75) is 50.3 Å². The molecular formula is C32H39F2N5O3. The number of benzene rings is 2. The van der Waals surface area contributed by atoms with Crippen LogP contribution in [-0.2, 0) is 11.3 Å². The smallest absolute Gasteiger partial charge is 0.253 e. The van der Waals surface area contributed by atoms with E-state index in [1.165, 1.54) is 17.0 Å². The van der Waals surface area contributed by atoms with Gasteiger partial charge in [-0.3, -0.25) is 14.2 Å². The average molecular weight is 580 g/mol. The molecule has 2 atom stereocenters. The van der Waals surface area contributed by atoms with Gasteiger partial charge in [0.15, 0.2) is 11.6 Å². The fourth-order valence-corrected chi connectivity index (χ4v) is 6.81. The summed E-state index contributed by atoms with van der Waals surface area (Å²) in [6.45, 7) is 3.73. The molecule has 2 aromatic carbocycles. The molecule has 2 N–H and O–H groups in total. The molecule has 1 aromatic heterocycles. The topological polar surface area (TPSA) is 90.7 Å². The van der Waals surface area contributed by atoms with Crippen molar-refractivity contribution in [1.29, 1.82) is 0 Å². The highest BCUT2D eigenvalue weighted by molar-refractivity contribution is 5.57. The van der Waals surface area contributed by atoms with E-state index in [1.807, 2.05) is 30.3 Å². The van der Waals surface area contributed by atoms with E-state index in [2.05, 4.69) is 22.2 Å². The summed E-state index contributed by atoms with van der Waals surface area (Å²) in [7, 11) is 2.13. The Morgan fingerprint density at radius 3 is 2.55 bits per heavy atom. The molecule has 0 bridgehead atoms. The van der Waals surface area contributed by atoms with Gasteiger partial charge < -0.3 is 20.2 Å². The average Bonchev–Trinajstić information content (AvgIpc) is 3.48. The molecule has 1 aliphatic carbocycles. The van der Waals surface area contributed by atoms with Gasteiger partial charge in [0.2, 0.25) is 6.41 Å². The van der Waals surface area contributed by atoms with E-state index in [-0.39, 0.29) is 16.5 Å². The standard InChI is InChI=1S/C21H27N3O2.C11H12F2N2O/c1-23-12-11-21(26,20(14-23)9-5-6-10-20)15-24-16-22-18(13-19(24)25)17-7-3-2-4-8-17;12-9-3-1-2-8(11(9)13)10-6-14-4-5-15(10)7-16/h2-4,7-8,13,16,26H,5-6,9-12,14-15H2,1H3;1-3,7,10,14H,4-6H2. The molecule has 6 rings (SSSR count). The molecule has 8 nitrogen and oxygen atoms in total. The van der Waals surface area contributed by atoms with Gasteiger partial charge in [-0.2, -0.15) is 0 Å². The van der Waals surface area contributed by atoms with Gasteiger partial charge in [0.1, 0.15) is 0 Å². The summed E-state index contributed by atoms with van der Waals surface area (Å²) in [5, 5.41) is 14.6. The molecule has 3 fully saturated rings. The monoisotopic (exact) mass is 579 g/mol. The van der Waals surface area contributed by atoms with Gasteiger partial charge in [-0.1, -0.05) is 55.3 Å². The molecule has 3 aliphatic rings. The van der Waals surface area contributed by atoms with Crippen LogP contribution in [0.1, 0.15) is 43.7 Å². The van der Waals surface area contributed by atoms with Crippen molar-refractivity contribution in [3.8, 4) is 11.3 Å². The molecule has 224 valence electrons. The Morgan fingerprint density at radius 2 is 1.83 bits per heavy atom. The molecule has 0 radical (unpaired) electrons. The van der Waals surface area contributed by atoms with Crippen molar-refractivity contribution < 1.29 is 18.7 Å². The zero-order chi connectivity index (χ0) is 29.7.